The van der Waals surface area contributed by atoms with Gasteiger partial charge in [0.25, 0.3) is 0 Å². The molecular weight excluding hydrogens is 206 g/mol. The summed E-state index contributed by atoms with van der Waals surface area (Å²) < 4.78 is 10.9. The van der Waals surface area contributed by atoms with Crippen LogP contribution in [0, 0.1) is 6.92 Å². The molecule has 0 aliphatic rings. The first-order valence-electron chi connectivity index (χ1n) is 5.39. The molecule has 5 heteroatoms. The number of nitrogens with one attached hydrogen (secondary N) is 1. The number of nitrogens with zero attached hydrogens (tertiary/aromatic N) is 2. The summed E-state index contributed by atoms with van der Waals surface area (Å²) in [4.78, 5) is 8.16. The lowest BCUT2D eigenvalue weighted by atomic mass is 10.3. The molecule has 1 rings (SSSR count). The van der Waals surface area contributed by atoms with Gasteiger partial charge in [-0.2, -0.15) is 0 Å². The summed E-state index contributed by atoms with van der Waals surface area (Å²) in [5.74, 6) is 1.39. The van der Waals surface area contributed by atoms with Crippen molar-refractivity contribution in [2.45, 2.75) is 26.9 Å². The Labute approximate surface area is 96.2 Å². The molecule has 0 amide bonds. The second kappa shape index (κ2) is 6.27. The number of anilines is 1. The Morgan fingerprint density at radius 1 is 1.31 bits per heavy atom. The molecule has 0 aliphatic carbocycles. The van der Waals surface area contributed by atoms with E-state index in [-0.39, 0.29) is 6.10 Å². The summed E-state index contributed by atoms with van der Waals surface area (Å²) >= 11 is 0. The van der Waals surface area contributed by atoms with E-state index in [1.54, 1.807) is 0 Å². The Morgan fingerprint density at radius 2 is 2.06 bits per heavy atom. The SMILES string of the molecule is CNc1ncnc(OCCOC(C)C)c1C. The monoisotopic (exact) mass is 225 g/mol. The Bertz CT molecular complexity index is 329. The van der Waals surface area contributed by atoms with Gasteiger partial charge in [0.1, 0.15) is 18.8 Å². The first-order valence-corrected chi connectivity index (χ1v) is 5.39. The van der Waals surface area contributed by atoms with Crippen molar-refractivity contribution in [3.8, 4) is 5.88 Å². The highest BCUT2D eigenvalue weighted by Crippen LogP contribution is 2.19. The number of hydrogen-bond donors (Lipinski definition) is 1. The molecule has 16 heavy (non-hydrogen) atoms. The molecule has 0 aliphatic heterocycles. The summed E-state index contributed by atoms with van der Waals surface area (Å²) in [6.45, 7) is 6.98. The van der Waals surface area contributed by atoms with Gasteiger partial charge in [-0.3, -0.25) is 0 Å². The zero-order chi connectivity index (χ0) is 12.0. The summed E-state index contributed by atoms with van der Waals surface area (Å²) in [5, 5.41) is 2.98. The van der Waals surface area contributed by atoms with E-state index < -0.39 is 0 Å². The minimum atomic E-state index is 0.225. The van der Waals surface area contributed by atoms with E-state index in [4.69, 9.17) is 9.47 Å². The minimum absolute atomic E-state index is 0.225. The van der Waals surface area contributed by atoms with Gasteiger partial charge in [-0.25, -0.2) is 9.97 Å². The van der Waals surface area contributed by atoms with Gasteiger partial charge >= 0.3 is 0 Å². The van der Waals surface area contributed by atoms with Crippen molar-refractivity contribution < 1.29 is 9.47 Å². The lowest BCUT2D eigenvalue weighted by Crippen LogP contribution is -2.12. The van der Waals surface area contributed by atoms with Crippen LogP contribution in [0.1, 0.15) is 19.4 Å². The lowest BCUT2D eigenvalue weighted by molar-refractivity contribution is 0.0541. The fourth-order valence-electron chi connectivity index (χ4n) is 1.25. The quantitative estimate of drug-likeness (QED) is 0.746. The molecule has 0 saturated heterocycles. The molecule has 0 unspecified atom stereocenters. The van der Waals surface area contributed by atoms with Crippen molar-refractivity contribution in [2.24, 2.45) is 0 Å². The predicted molar refractivity (Wildman–Crippen MR) is 62.9 cm³/mol. The van der Waals surface area contributed by atoms with Gasteiger partial charge in [-0.05, 0) is 20.8 Å². The van der Waals surface area contributed by atoms with Crippen LogP contribution < -0.4 is 10.1 Å². The van der Waals surface area contributed by atoms with E-state index in [1.807, 2.05) is 27.8 Å². The second-order valence-corrected chi connectivity index (χ2v) is 3.67. The first-order chi connectivity index (χ1) is 7.65. The Hall–Kier alpha value is -1.36. The highest BCUT2D eigenvalue weighted by atomic mass is 16.5. The molecule has 1 N–H and O–H groups in total. The van der Waals surface area contributed by atoms with Crippen molar-refractivity contribution in [1.29, 1.82) is 0 Å². The van der Waals surface area contributed by atoms with Crippen LogP contribution in [-0.2, 0) is 4.74 Å². The summed E-state index contributed by atoms with van der Waals surface area (Å²) in [6.07, 6.45) is 1.71. The van der Waals surface area contributed by atoms with Crippen LogP contribution in [0.3, 0.4) is 0 Å². The maximum atomic E-state index is 5.51. The van der Waals surface area contributed by atoms with E-state index in [0.717, 1.165) is 11.4 Å². The van der Waals surface area contributed by atoms with Gasteiger partial charge in [-0.15, -0.1) is 0 Å². The maximum Gasteiger partial charge on any atom is 0.221 e. The van der Waals surface area contributed by atoms with E-state index in [1.165, 1.54) is 6.33 Å². The normalized spacial score (nSPS) is 10.6. The molecule has 1 aromatic heterocycles. The van der Waals surface area contributed by atoms with Gasteiger partial charge < -0.3 is 14.8 Å². The van der Waals surface area contributed by atoms with E-state index in [2.05, 4.69) is 15.3 Å². The Morgan fingerprint density at radius 3 is 2.69 bits per heavy atom. The number of ether oxygens (including phenoxy) is 2. The molecule has 5 nitrogen and oxygen atoms in total. The Kier molecular flexibility index (Phi) is 4.98. The summed E-state index contributed by atoms with van der Waals surface area (Å²) in [6, 6.07) is 0. The molecule has 0 saturated carbocycles. The van der Waals surface area contributed by atoms with E-state index >= 15 is 0 Å². The van der Waals surface area contributed by atoms with Gasteiger partial charge in [0, 0.05) is 7.05 Å². The van der Waals surface area contributed by atoms with Gasteiger partial charge in [0.15, 0.2) is 0 Å². The number of rotatable bonds is 6. The molecule has 0 bridgehead atoms. The third kappa shape index (κ3) is 3.66. The summed E-state index contributed by atoms with van der Waals surface area (Å²) in [7, 11) is 1.82. The lowest BCUT2D eigenvalue weighted by Gasteiger charge is -2.11. The predicted octanol–water partition coefficient (Wildman–Crippen LogP) is 1.63. The highest BCUT2D eigenvalue weighted by Gasteiger charge is 2.06. The first kappa shape index (κ1) is 12.7. The molecule has 0 aromatic carbocycles. The van der Waals surface area contributed by atoms with Crippen LogP contribution in [0.25, 0.3) is 0 Å². The van der Waals surface area contributed by atoms with Crippen LogP contribution in [0.5, 0.6) is 5.88 Å². The fourth-order valence-corrected chi connectivity index (χ4v) is 1.25. The third-order valence-corrected chi connectivity index (χ3v) is 2.05. The average molecular weight is 225 g/mol. The van der Waals surface area contributed by atoms with Crippen molar-refractivity contribution in [2.75, 3.05) is 25.6 Å². The molecule has 1 heterocycles. The Balaban J connectivity index is 2.47. The molecule has 0 atom stereocenters. The largest absolute Gasteiger partial charge is 0.475 e. The maximum absolute atomic E-state index is 5.51. The van der Waals surface area contributed by atoms with Crippen LogP contribution in [-0.4, -0.2) is 36.3 Å². The van der Waals surface area contributed by atoms with Crippen molar-refractivity contribution >= 4 is 5.82 Å². The van der Waals surface area contributed by atoms with E-state index in [9.17, 15) is 0 Å². The van der Waals surface area contributed by atoms with Crippen molar-refractivity contribution in [1.82, 2.24) is 9.97 Å². The zero-order valence-electron chi connectivity index (χ0n) is 10.3. The highest BCUT2D eigenvalue weighted by molar-refractivity contribution is 5.46. The van der Waals surface area contributed by atoms with Gasteiger partial charge in [0.05, 0.1) is 18.3 Å². The van der Waals surface area contributed by atoms with Crippen molar-refractivity contribution in [3.05, 3.63) is 11.9 Å². The molecule has 0 spiro atoms. The smallest absolute Gasteiger partial charge is 0.221 e. The number of hydrogen-bond acceptors (Lipinski definition) is 5. The van der Waals surface area contributed by atoms with Gasteiger partial charge in [-0.1, -0.05) is 0 Å². The fraction of sp³-hybridized carbons (Fsp3) is 0.636. The van der Waals surface area contributed by atoms with Crippen LogP contribution in [0.4, 0.5) is 5.82 Å². The standard InChI is InChI=1S/C11H19N3O2/c1-8(2)15-5-6-16-11-9(3)10(12-4)13-7-14-11/h7-8H,5-6H2,1-4H3,(H,12,13,14). The zero-order valence-corrected chi connectivity index (χ0v) is 10.3. The van der Waals surface area contributed by atoms with Crippen LogP contribution >= 0.6 is 0 Å². The second-order valence-electron chi connectivity index (χ2n) is 3.67. The summed E-state index contributed by atoms with van der Waals surface area (Å²) in [5.41, 5.74) is 0.912. The minimum Gasteiger partial charge on any atom is -0.475 e. The number of aromatic nitrogens is 2. The van der Waals surface area contributed by atoms with Crippen LogP contribution in [0.15, 0.2) is 6.33 Å². The van der Waals surface area contributed by atoms with Crippen molar-refractivity contribution in [3.63, 3.8) is 0 Å². The molecule has 1 aromatic rings. The average Bonchev–Trinajstić information content (AvgIpc) is 2.26. The van der Waals surface area contributed by atoms with E-state index in [0.29, 0.717) is 19.1 Å². The molecule has 0 radical (unpaired) electrons. The van der Waals surface area contributed by atoms with Crippen LogP contribution in [0.2, 0.25) is 0 Å². The molecule has 0 fully saturated rings. The third-order valence-electron chi connectivity index (χ3n) is 2.05. The molecular formula is C11H19N3O2. The van der Waals surface area contributed by atoms with Gasteiger partial charge in [0.2, 0.25) is 5.88 Å². The molecule has 90 valence electrons. The topological polar surface area (TPSA) is 56.3 Å².